The molecule has 0 spiro atoms. The summed E-state index contributed by atoms with van der Waals surface area (Å²) in [6, 6.07) is 5.29. The molecule has 1 N–H and O–H groups in total. The Morgan fingerprint density at radius 3 is 3.03 bits per heavy atom. The summed E-state index contributed by atoms with van der Waals surface area (Å²) < 4.78 is 8.64. The molecule has 1 atom stereocenters. The second kappa shape index (κ2) is 8.62. The molecule has 174 valence electrons. The molecule has 34 heavy (non-hydrogen) atoms. The maximum absolute atomic E-state index is 12.9. The van der Waals surface area contributed by atoms with Gasteiger partial charge in [-0.3, -0.25) is 4.57 Å². The molecule has 0 aromatic carbocycles. The lowest BCUT2D eigenvalue weighted by Gasteiger charge is -2.32. The van der Waals surface area contributed by atoms with E-state index < -0.39 is 0 Å². The minimum atomic E-state index is -0.360. The number of nitrogens with one attached hydrogen (secondary N) is 1. The van der Waals surface area contributed by atoms with E-state index in [0.717, 1.165) is 12.8 Å². The van der Waals surface area contributed by atoms with E-state index in [1.165, 1.54) is 0 Å². The molecule has 1 fully saturated rings. The normalized spacial score (nSPS) is 16.3. The van der Waals surface area contributed by atoms with E-state index in [-0.39, 0.29) is 23.7 Å². The number of imidazole rings is 1. The summed E-state index contributed by atoms with van der Waals surface area (Å²) in [4.78, 5) is 39.0. The number of amides is 1. The van der Waals surface area contributed by atoms with Gasteiger partial charge >= 0.3 is 11.8 Å². The van der Waals surface area contributed by atoms with Crippen LogP contribution in [0.25, 0.3) is 28.1 Å². The Bertz CT molecular complexity index is 1480. The van der Waals surface area contributed by atoms with Gasteiger partial charge in [0.25, 0.3) is 0 Å². The van der Waals surface area contributed by atoms with Crippen molar-refractivity contribution in [3.63, 3.8) is 0 Å². The number of carbonyl (C=O) groups excluding carboxylic acids is 1. The number of ether oxygens (including phenoxy) is 1. The minimum Gasteiger partial charge on any atom is -0.449 e. The van der Waals surface area contributed by atoms with Gasteiger partial charge in [-0.05, 0) is 30.9 Å². The molecule has 4 aromatic rings. The number of fused-ring (bicyclic) bond motifs is 2. The molecule has 5 heterocycles. The molecular formula is C23H24N8O3. The van der Waals surface area contributed by atoms with E-state index in [1.807, 2.05) is 13.8 Å². The zero-order chi connectivity index (χ0) is 23.8. The van der Waals surface area contributed by atoms with Gasteiger partial charge in [0.15, 0.2) is 11.5 Å². The molecule has 0 aliphatic carbocycles. The molecule has 1 amide bonds. The van der Waals surface area contributed by atoms with Crippen LogP contribution in [0.3, 0.4) is 0 Å². The number of hydrogen-bond acceptors (Lipinski definition) is 7. The van der Waals surface area contributed by atoms with Crippen LogP contribution in [0.4, 0.5) is 4.79 Å². The maximum Gasteiger partial charge on any atom is 0.409 e. The number of pyridine rings is 1. The quantitative estimate of drug-likeness (QED) is 0.495. The lowest BCUT2D eigenvalue weighted by Crippen LogP contribution is -2.43. The number of piperidine rings is 1. The summed E-state index contributed by atoms with van der Waals surface area (Å²) >= 11 is 0. The van der Waals surface area contributed by atoms with Crippen LogP contribution in [0.5, 0.6) is 0 Å². The number of hydrogen-bond donors (Lipinski definition) is 1. The summed E-state index contributed by atoms with van der Waals surface area (Å²) in [5, 5.41) is 13.6. The molecule has 1 aliphatic rings. The topological polar surface area (TPSA) is 134 Å². The van der Waals surface area contributed by atoms with E-state index in [2.05, 4.69) is 21.1 Å². The molecule has 4 aromatic heterocycles. The molecule has 11 heteroatoms. The SMILES string of the molecule is CC(C)COC(=O)N1CCC[C@H](n2c(=O)[nH]c3cnc(-c4cnn5ccc(C#N)cc45)nc32)C1. The van der Waals surface area contributed by atoms with Gasteiger partial charge in [0, 0.05) is 19.3 Å². The second-order valence-corrected chi connectivity index (χ2v) is 8.86. The van der Waals surface area contributed by atoms with Crippen molar-refractivity contribution in [1.82, 2.24) is 34.0 Å². The first-order valence-electron chi connectivity index (χ1n) is 11.2. The smallest absolute Gasteiger partial charge is 0.409 e. The van der Waals surface area contributed by atoms with Crippen LogP contribution in [0.2, 0.25) is 0 Å². The number of aromatic nitrogens is 6. The van der Waals surface area contributed by atoms with Gasteiger partial charge in [-0.2, -0.15) is 10.4 Å². The lowest BCUT2D eigenvalue weighted by atomic mass is 10.1. The maximum atomic E-state index is 12.9. The summed E-state index contributed by atoms with van der Waals surface area (Å²) in [7, 11) is 0. The van der Waals surface area contributed by atoms with Crippen LogP contribution in [0.15, 0.2) is 35.5 Å². The Morgan fingerprint density at radius 2 is 2.24 bits per heavy atom. The van der Waals surface area contributed by atoms with Gasteiger partial charge in [-0.15, -0.1) is 0 Å². The predicted molar refractivity (Wildman–Crippen MR) is 123 cm³/mol. The molecule has 0 unspecified atom stereocenters. The van der Waals surface area contributed by atoms with E-state index in [4.69, 9.17) is 9.72 Å². The van der Waals surface area contributed by atoms with Gasteiger partial charge in [0.05, 0.1) is 47.8 Å². The van der Waals surface area contributed by atoms with Crippen molar-refractivity contribution in [1.29, 1.82) is 5.26 Å². The summed E-state index contributed by atoms with van der Waals surface area (Å²) in [6.45, 7) is 5.29. The molecule has 0 radical (unpaired) electrons. The molecule has 1 aliphatic heterocycles. The van der Waals surface area contributed by atoms with Crippen molar-refractivity contribution >= 4 is 22.8 Å². The Morgan fingerprint density at radius 1 is 1.38 bits per heavy atom. The zero-order valence-corrected chi connectivity index (χ0v) is 18.9. The number of rotatable bonds is 4. The average molecular weight is 460 g/mol. The predicted octanol–water partition coefficient (Wildman–Crippen LogP) is 2.74. The highest BCUT2D eigenvalue weighted by molar-refractivity contribution is 5.80. The lowest BCUT2D eigenvalue weighted by molar-refractivity contribution is 0.0770. The van der Waals surface area contributed by atoms with Gasteiger partial charge in [0.2, 0.25) is 0 Å². The fourth-order valence-electron chi connectivity index (χ4n) is 4.27. The fraction of sp³-hybridized carbons (Fsp3) is 0.391. The standard InChI is InChI=1S/C23H24N8O3/c1-14(2)13-34-23(33)29-6-3-4-16(12-29)31-21-18(27-22(31)32)11-25-20(28-21)17-10-26-30-7-5-15(9-24)8-19(17)30/h5,7-8,10-11,14,16H,3-4,6,12-13H2,1-2H3,(H,27,32)/t16-/m0/s1. The highest BCUT2D eigenvalue weighted by Crippen LogP contribution is 2.26. The van der Waals surface area contributed by atoms with Crippen molar-refractivity contribution in [2.75, 3.05) is 19.7 Å². The number of carbonyl (C=O) groups is 1. The summed E-state index contributed by atoms with van der Waals surface area (Å²) in [5.41, 5.74) is 2.54. The van der Waals surface area contributed by atoms with Crippen molar-refractivity contribution in [2.24, 2.45) is 5.92 Å². The third kappa shape index (κ3) is 3.87. The van der Waals surface area contributed by atoms with Crippen LogP contribution >= 0.6 is 0 Å². The monoisotopic (exact) mass is 460 g/mol. The highest BCUT2D eigenvalue weighted by Gasteiger charge is 2.29. The van der Waals surface area contributed by atoms with Crippen LogP contribution in [0, 0.1) is 17.2 Å². The molecule has 11 nitrogen and oxygen atoms in total. The Hall–Kier alpha value is -4.20. The molecular weight excluding hydrogens is 436 g/mol. The van der Waals surface area contributed by atoms with Crippen molar-refractivity contribution in [3.8, 4) is 17.5 Å². The average Bonchev–Trinajstić information content (AvgIpc) is 3.41. The zero-order valence-electron chi connectivity index (χ0n) is 18.9. The molecule has 0 bridgehead atoms. The fourth-order valence-corrected chi connectivity index (χ4v) is 4.27. The van der Waals surface area contributed by atoms with Gasteiger partial charge in [-0.25, -0.2) is 24.1 Å². The van der Waals surface area contributed by atoms with Crippen LogP contribution < -0.4 is 5.69 Å². The third-order valence-electron chi connectivity index (χ3n) is 5.91. The van der Waals surface area contributed by atoms with Crippen molar-refractivity contribution in [3.05, 3.63) is 46.8 Å². The second-order valence-electron chi connectivity index (χ2n) is 8.86. The number of likely N-dealkylation sites (tertiary alicyclic amines) is 1. The molecule has 0 saturated carbocycles. The summed E-state index contributed by atoms with van der Waals surface area (Å²) in [6.07, 6.45) is 6.05. The van der Waals surface area contributed by atoms with E-state index in [0.29, 0.717) is 53.3 Å². The van der Waals surface area contributed by atoms with Gasteiger partial charge < -0.3 is 14.6 Å². The highest BCUT2D eigenvalue weighted by atomic mass is 16.6. The van der Waals surface area contributed by atoms with Gasteiger partial charge in [-0.1, -0.05) is 13.8 Å². The van der Waals surface area contributed by atoms with E-state index >= 15 is 0 Å². The first kappa shape index (κ1) is 21.6. The number of aromatic amines is 1. The van der Waals surface area contributed by atoms with Gasteiger partial charge in [0.1, 0.15) is 5.52 Å². The van der Waals surface area contributed by atoms with Crippen molar-refractivity contribution in [2.45, 2.75) is 32.7 Å². The minimum absolute atomic E-state index is 0.238. The molecule has 5 rings (SSSR count). The Balaban J connectivity index is 1.50. The number of nitriles is 1. The van der Waals surface area contributed by atoms with Crippen LogP contribution in [-0.4, -0.2) is 59.8 Å². The first-order chi connectivity index (χ1) is 16.4. The first-order valence-corrected chi connectivity index (χ1v) is 11.2. The number of H-pyrrole nitrogens is 1. The Kier molecular flexibility index (Phi) is 5.49. The molecule has 1 saturated heterocycles. The largest absolute Gasteiger partial charge is 0.449 e. The summed E-state index contributed by atoms with van der Waals surface area (Å²) in [5.74, 6) is 0.648. The van der Waals surface area contributed by atoms with E-state index in [1.54, 1.807) is 44.7 Å². The number of nitrogens with zero attached hydrogens (tertiary/aromatic N) is 7. The Labute approximate surface area is 194 Å². The van der Waals surface area contributed by atoms with E-state index in [9.17, 15) is 14.9 Å². The van der Waals surface area contributed by atoms with Crippen LogP contribution in [0.1, 0.15) is 38.3 Å². The van der Waals surface area contributed by atoms with Crippen molar-refractivity contribution < 1.29 is 9.53 Å². The van der Waals surface area contributed by atoms with Crippen LogP contribution in [-0.2, 0) is 4.74 Å². The third-order valence-corrected chi connectivity index (χ3v) is 5.91.